The number of aryl methyl sites for hydroxylation is 2. The Hall–Kier alpha value is -3.59. The highest BCUT2D eigenvalue weighted by molar-refractivity contribution is 6.30. The first-order valence-electron chi connectivity index (χ1n) is 10.0. The summed E-state index contributed by atoms with van der Waals surface area (Å²) in [6.07, 6.45) is -0.139. The van der Waals surface area contributed by atoms with Gasteiger partial charge in [0.1, 0.15) is 31.2 Å². The number of hydrogen-bond acceptors (Lipinski definition) is 7. The van der Waals surface area contributed by atoms with Gasteiger partial charge in [-0.1, -0.05) is 35.9 Å². The number of aromatic nitrogens is 5. The maximum Gasteiger partial charge on any atom is 0.217 e. The van der Waals surface area contributed by atoms with Crippen LogP contribution in [-0.4, -0.2) is 43.7 Å². The van der Waals surface area contributed by atoms with E-state index in [-0.39, 0.29) is 6.17 Å². The molecule has 1 unspecified atom stereocenters. The molecule has 0 amide bonds. The number of halogens is 1. The van der Waals surface area contributed by atoms with Crippen LogP contribution in [0.3, 0.4) is 0 Å². The summed E-state index contributed by atoms with van der Waals surface area (Å²) in [7, 11) is 0. The first-order chi connectivity index (χ1) is 15.1. The van der Waals surface area contributed by atoms with Gasteiger partial charge in [-0.3, -0.25) is 14.5 Å². The van der Waals surface area contributed by atoms with Gasteiger partial charge in [0.05, 0.1) is 11.0 Å². The molecule has 0 bridgehead atoms. The largest absolute Gasteiger partial charge is 0.331 e. The Morgan fingerprint density at radius 2 is 1.74 bits per heavy atom. The standard InChI is InChI=1S/C21H20ClN9/c1-13-26-27-14(2)31(13)28-11-23-20-25-19(15-7-9-16(22)10-8-15)30-18-6-4-3-5-17(18)24-21(30)29(20)12-28/h3-10,19H,11-12H2,1-2H3,(H,23,25). The van der Waals surface area contributed by atoms with E-state index in [0.717, 1.165) is 40.2 Å². The summed E-state index contributed by atoms with van der Waals surface area (Å²) in [6, 6.07) is 16.1. The van der Waals surface area contributed by atoms with Crippen molar-refractivity contribution in [3.05, 3.63) is 70.8 Å². The van der Waals surface area contributed by atoms with Gasteiger partial charge in [0.15, 0.2) is 0 Å². The Labute approximate surface area is 183 Å². The van der Waals surface area contributed by atoms with Crippen molar-refractivity contribution in [3.63, 3.8) is 0 Å². The van der Waals surface area contributed by atoms with Crippen LogP contribution in [-0.2, 0) is 0 Å². The van der Waals surface area contributed by atoms with Crippen molar-refractivity contribution >= 4 is 34.5 Å². The molecule has 0 fully saturated rings. The fraction of sp³-hybridized carbons (Fsp3) is 0.238. The van der Waals surface area contributed by atoms with Gasteiger partial charge in [-0.25, -0.2) is 14.7 Å². The molecule has 2 aromatic heterocycles. The molecule has 9 nitrogen and oxygen atoms in total. The topological polar surface area (TPSA) is 79.4 Å². The molecule has 2 aliphatic rings. The van der Waals surface area contributed by atoms with Crippen LogP contribution in [0, 0.1) is 13.8 Å². The Morgan fingerprint density at radius 1 is 1.00 bits per heavy atom. The van der Waals surface area contributed by atoms with Crippen molar-refractivity contribution in [3.8, 4) is 0 Å². The summed E-state index contributed by atoms with van der Waals surface area (Å²) in [5, 5.41) is 14.8. The zero-order valence-corrected chi connectivity index (χ0v) is 17.8. The molecule has 10 heteroatoms. The summed E-state index contributed by atoms with van der Waals surface area (Å²) < 4.78 is 4.21. The second kappa shape index (κ2) is 6.71. The van der Waals surface area contributed by atoms with E-state index in [0.29, 0.717) is 18.4 Å². The number of anilines is 1. The van der Waals surface area contributed by atoms with Crippen molar-refractivity contribution in [2.24, 2.45) is 4.99 Å². The molecule has 1 atom stereocenters. The molecular formula is C21H20ClN9. The molecule has 4 heterocycles. The van der Waals surface area contributed by atoms with Gasteiger partial charge >= 0.3 is 0 Å². The number of fused-ring (bicyclic) bond motifs is 5. The van der Waals surface area contributed by atoms with Crippen molar-refractivity contribution < 1.29 is 0 Å². The van der Waals surface area contributed by atoms with E-state index in [1.54, 1.807) is 0 Å². The van der Waals surface area contributed by atoms with Gasteiger partial charge in [-0.15, -0.1) is 10.2 Å². The van der Waals surface area contributed by atoms with Crippen LogP contribution in [0.1, 0.15) is 23.4 Å². The van der Waals surface area contributed by atoms with E-state index in [4.69, 9.17) is 21.6 Å². The molecule has 0 saturated heterocycles. The molecular weight excluding hydrogens is 414 g/mol. The third kappa shape index (κ3) is 2.77. The summed E-state index contributed by atoms with van der Waals surface area (Å²) in [4.78, 5) is 11.9. The van der Waals surface area contributed by atoms with Gasteiger partial charge < -0.3 is 5.32 Å². The molecule has 2 aromatic carbocycles. The average Bonchev–Trinajstić information content (AvgIpc) is 3.33. The number of imidazole rings is 1. The van der Waals surface area contributed by atoms with Crippen LogP contribution in [0.15, 0.2) is 53.5 Å². The molecule has 4 aromatic rings. The van der Waals surface area contributed by atoms with Gasteiger partial charge in [-0.2, -0.15) is 0 Å². The third-order valence-electron chi connectivity index (χ3n) is 5.71. The molecule has 0 aliphatic carbocycles. The monoisotopic (exact) mass is 433 g/mol. The molecule has 2 aliphatic heterocycles. The first kappa shape index (κ1) is 18.2. The summed E-state index contributed by atoms with van der Waals surface area (Å²) in [5.41, 5.74) is 3.08. The number of rotatable bonds is 2. The third-order valence-corrected chi connectivity index (χ3v) is 5.96. The van der Waals surface area contributed by atoms with E-state index in [1.807, 2.05) is 61.0 Å². The lowest BCUT2D eigenvalue weighted by molar-refractivity contribution is 0.488. The highest BCUT2D eigenvalue weighted by Crippen LogP contribution is 2.34. The van der Waals surface area contributed by atoms with Crippen LogP contribution in [0.2, 0.25) is 5.02 Å². The van der Waals surface area contributed by atoms with Gasteiger partial charge in [0.2, 0.25) is 11.9 Å². The summed E-state index contributed by atoms with van der Waals surface area (Å²) in [5.74, 6) is 3.29. The van der Waals surface area contributed by atoms with E-state index in [9.17, 15) is 0 Å². The Morgan fingerprint density at radius 3 is 2.52 bits per heavy atom. The molecule has 0 spiro atoms. The maximum atomic E-state index is 6.14. The highest BCUT2D eigenvalue weighted by atomic mass is 35.5. The molecule has 156 valence electrons. The van der Waals surface area contributed by atoms with Crippen molar-refractivity contribution in [1.29, 1.82) is 0 Å². The van der Waals surface area contributed by atoms with Gasteiger partial charge in [0.25, 0.3) is 0 Å². The predicted molar refractivity (Wildman–Crippen MR) is 120 cm³/mol. The number of benzene rings is 2. The zero-order chi connectivity index (χ0) is 21.1. The van der Waals surface area contributed by atoms with Crippen LogP contribution in [0.4, 0.5) is 5.95 Å². The van der Waals surface area contributed by atoms with Crippen LogP contribution < -0.4 is 15.2 Å². The van der Waals surface area contributed by atoms with Crippen LogP contribution in [0.25, 0.3) is 11.0 Å². The molecule has 31 heavy (non-hydrogen) atoms. The fourth-order valence-electron chi connectivity index (χ4n) is 4.33. The zero-order valence-electron chi connectivity index (χ0n) is 17.1. The van der Waals surface area contributed by atoms with E-state index < -0.39 is 0 Å². The molecule has 6 rings (SSSR count). The van der Waals surface area contributed by atoms with Crippen LogP contribution >= 0.6 is 11.6 Å². The Kier molecular flexibility index (Phi) is 3.94. The minimum atomic E-state index is -0.139. The fourth-order valence-corrected chi connectivity index (χ4v) is 4.46. The van der Waals surface area contributed by atoms with Crippen molar-refractivity contribution in [2.45, 2.75) is 20.0 Å². The lowest BCUT2D eigenvalue weighted by Crippen LogP contribution is -2.59. The Balaban J connectivity index is 1.49. The number of hydrogen-bond donors (Lipinski definition) is 1. The van der Waals surface area contributed by atoms with Crippen LogP contribution in [0.5, 0.6) is 0 Å². The van der Waals surface area contributed by atoms with E-state index in [1.165, 1.54) is 0 Å². The quantitative estimate of drug-likeness (QED) is 0.523. The number of guanidine groups is 1. The number of aliphatic imine (C=N–C) groups is 1. The first-order valence-corrected chi connectivity index (χ1v) is 10.4. The maximum absolute atomic E-state index is 6.14. The molecule has 0 saturated carbocycles. The van der Waals surface area contributed by atoms with E-state index >= 15 is 0 Å². The second-order valence-electron chi connectivity index (χ2n) is 7.67. The summed E-state index contributed by atoms with van der Waals surface area (Å²) in [6.45, 7) is 4.95. The predicted octanol–water partition coefficient (Wildman–Crippen LogP) is 2.78. The lowest BCUT2D eigenvalue weighted by atomic mass is 10.1. The number of para-hydroxylation sites is 2. The lowest BCUT2D eigenvalue weighted by Gasteiger charge is -2.42. The van der Waals surface area contributed by atoms with Gasteiger partial charge in [0, 0.05) is 5.02 Å². The number of nitrogens with one attached hydrogen (secondary N) is 1. The normalized spacial score (nSPS) is 17.9. The minimum Gasteiger partial charge on any atom is -0.331 e. The second-order valence-corrected chi connectivity index (χ2v) is 8.11. The molecule has 1 N–H and O–H groups in total. The SMILES string of the molecule is Cc1nnc(C)n1N1CN=C2NC(c3ccc(Cl)cc3)n3c(nc4ccccc43)N2C1. The number of nitrogens with zero attached hydrogens (tertiary/aromatic N) is 8. The average molecular weight is 434 g/mol. The smallest absolute Gasteiger partial charge is 0.217 e. The minimum absolute atomic E-state index is 0.139. The van der Waals surface area contributed by atoms with Crippen molar-refractivity contribution in [1.82, 2.24) is 29.7 Å². The van der Waals surface area contributed by atoms with Gasteiger partial charge in [-0.05, 0) is 43.7 Å². The molecule has 0 radical (unpaired) electrons. The highest BCUT2D eigenvalue weighted by Gasteiger charge is 2.36. The Bertz CT molecular complexity index is 1300. The van der Waals surface area contributed by atoms with E-state index in [2.05, 4.69) is 36.1 Å². The van der Waals surface area contributed by atoms with Crippen molar-refractivity contribution in [2.75, 3.05) is 23.2 Å². The summed E-state index contributed by atoms with van der Waals surface area (Å²) >= 11 is 6.14.